The van der Waals surface area contributed by atoms with Crippen LogP contribution in [0, 0.1) is 18.3 Å². The van der Waals surface area contributed by atoms with Gasteiger partial charge in [0.1, 0.15) is 17.4 Å². The Balaban J connectivity index is 3.13. The Morgan fingerprint density at radius 2 is 2.12 bits per heavy atom. The third-order valence-corrected chi connectivity index (χ3v) is 2.30. The molecule has 0 aliphatic heterocycles. The van der Waals surface area contributed by atoms with Crippen molar-refractivity contribution in [3.8, 4) is 11.8 Å². The predicted octanol–water partition coefficient (Wildman–Crippen LogP) is 2.08. The highest BCUT2D eigenvalue weighted by atomic mass is 16.5. The molecule has 0 aliphatic rings. The van der Waals surface area contributed by atoms with Crippen LogP contribution in [0.2, 0.25) is 0 Å². The van der Waals surface area contributed by atoms with Crippen molar-refractivity contribution in [2.45, 2.75) is 6.92 Å². The van der Waals surface area contributed by atoms with Crippen molar-refractivity contribution in [2.75, 3.05) is 14.2 Å². The van der Waals surface area contributed by atoms with E-state index in [1.165, 1.54) is 13.2 Å². The number of carbonyl (C=O) groups excluding carboxylic acids is 1. The van der Waals surface area contributed by atoms with Gasteiger partial charge in [0, 0.05) is 0 Å². The number of esters is 1. The molecule has 0 radical (unpaired) electrons. The molecule has 0 heterocycles. The summed E-state index contributed by atoms with van der Waals surface area (Å²) in [4.78, 5) is 11.2. The van der Waals surface area contributed by atoms with Crippen molar-refractivity contribution in [3.63, 3.8) is 0 Å². The van der Waals surface area contributed by atoms with Crippen LogP contribution in [0.5, 0.6) is 5.75 Å². The van der Waals surface area contributed by atoms with E-state index >= 15 is 0 Å². The van der Waals surface area contributed by atoms with Gasteiger partial charge >= 0.3 is 5.97 Å². The van der Waals surface area contributed by atoms with E-state index in [4.69, 9.17) is 10.00 Å². The monoisotopic (exact) mass is 231 g/mol. The Kier molecular flexibility index (Phi) is 4.29. The van der Waals surface area contributed by atoms with Gasteiger partial charge in [0.2, 0.25) is 0 Å². The molecule has 4 heteroatoms. The van der Waals surface area contributed by atoms with Crippen LogP contribution in [0.1, 0.15) is 11.1 Å². The van der Waals surface area contributed by atoms with E-state index < -0.39 is 5.97 Å². The lowest BCUT2D eigenvalue weighted by atomic mass is 10.1. The minimum Gasteiger partial charge on any atom is -0.497 e. The Morgan fingerprint density at radius 1 is 1.41 bits per heavy atom. The van der Waals surface area contributed by atoms with Gasteiger partial charge in [0.25, 0.3) is 0 Å². The predicted molar refractivity (Wildman–Crippen MR) is 63.3 cm³/mol. The first-order chi connectivity index (χ1) is 8.12. The normalized spacial score (nSPS) is 10.6. The third-order valence-electron chi connectivity index (χ3n) is 2.30. The second-order valence-corrected chi connectivity index (χ2v) is 3.38. The van der Waals surface area contributed by atoms with Gasteiger partial charge in [0.15, 0.2) is 0 Å². The zero-order chi connectivity index (χ0) is 12.8. The van der Waals surface area contributed by atoms with Gasteiger partial charge in [-0.25, -0.2) is 4.79 Å². The summed E-state index contributed by atoms with van der Waals surface area (Å²) in [6, 6.07) is 7.20. The van der Waals surface area contributed by atoms with Crippen molar-refractivity contribution in [1.82, 2.24) is 0 Å². The molecule has 1 rings (SSSR count). The molecule has 0 saturated heterocycles. The zero-order valence-corrected chi connectivity index (χ0v) is 9.98. The van der Waals surface area contributed by atoms with Crippen LogP contribution in [-0.4, -0.2) is 20.2 Å². The van der Waals surface area contributed by atoms with Crippen molar-refractivity contribution in [3.05, 3.63) is 34.9 Å². The highest BCUT2D eigenvalue weighted by Crippen LogP contribution is 2.19. The quantitative estimate of drug-likeness (QED) is 0.454. The summed E-state index contributed by atoms with van der Waals surface area (Å²) in [6.45, 7) is 1.88. The van der Waals surface area contributed by atoms with Gasteiger partial charge in [-0.3, -0.25) is 0 Å². The van der Waals surface area contributed by atoms with Gasteiger partial charge in [0.05, 0.1) is 14.2 Å². The first kappa shape index (κ1) is 12.8. The molecule has 0 amide bonds. The number of rotatable bonds is 3. The number of hydrogen-bond donors (Lipinski definition) is 0. The van der Waals surface area contributed by atoms with Crippen molar-refractivity contribution in [1.29, 1.82) is 5.26 Å². The highest BCUT2D eigenvalue weighted by molar-refractivity contribution is 5.98. The fourth-order valence-corrected chi connectivity index (χ4v) is 1.34. The first-order valence-corrected chi connectivity index (χ1v) is 4.97. The number of nitriles is 1. The minimum absolute atomic E-state index is 0.0271. The average molecular weight is 231 g/mol. The van der Waals surface area contributed by atoms with Crippen LogP contribution in [0.3, 0.4) is 0 Å². The summed E-state index contributed by atoms with van der Waals surface area (Å²) in [7, 11) is 2.83. The maximum atomic E-state index is 11.2. The van der Waals surface area contributed by atoms with Crippen LogP contribution in [0.4, 0.5) is 0 Å². The standard InChI is InChI=1S/C13H13NO3/c1-9-6-12(16-2)5-4-10(9)7-11(8-14)13(15)17-3/h4-7H,1-3H3. The molecule has 1 aromatic carbocycles. The second kappa shape index (κ2) is 5.71. The van der Waals surface area contributed by atoms with Gasteiger partial charge in [-0.1, -0.05) is 6.07 Å². The largest absolute Gasteiger partial charge is 0.497 e. The van der Waals surface area contributed by atoms with Gasteiger partial charge < -0.3 is 9.47 Å². The number of benzene rings is 1. The lowest BCUT2D eigenvalue weighted by Crippen LogP contribution is -2.02. The van der Waals surface area contributed by atoms with Gasteiger partial charge in [-0.05, 0) is 36.3 Å². The molecule has 0 N–H and O–H groups in total. The summed E-state index contributed by atoms with van der Waals surface area (Å²) in [5.74, 6) is 0.0962. The second-order valence-electron chi connectivity index (χ2n) is 3.38. The lowest BCUT2D eigenvalue weighted by molar-refractivity contribution is -0.135. The number of ether oxygens (including phenoxy) is 2. The molecule has 4 nitrogen and oxygen atoms in total. The zero-order valence-electron chi connectivity index (χ0n) is 9.98. The topological polar surface area (TPSA) is 59.3 Å². The number of nitrogens with zero attached hydrogens (tertiary/aromatic N) is 1. The summed E-state index contributed by atoms with van der Waals surface area (Å²) in [5, 5.41) is 8.84. The molecule has 0 aliphatic carbocycles. The molecule has 0 bridgehead atoms. The molecule has 0 spiro atoms. The van der Waals surface area contributed by atoms with E-state index in [0.717, 1.165) is 16.9 Å². The van der Waals surface area contributed by atoms with Gasteiger partial charge in [-0.15, -0.1) is 0 Å². The third kappa shape index (κ3) is 3.08. The Hall–Kier alpha value is -2.28. The van der Waals surface area contributed by atoms with E-state index in [1.54, 1.807) is 19.2 Å². The van der Waals surface area contributed by atoms with E-state index in [9.17, 15) is 4.79 Å². The van der Waals surface area contributed by atoms with Crippen molar-refractivity contribution < 1.29 is 14.3 Å². The summed E-state index contributed by atoms with van der Waals surface area (Å²) >= 11 is 0. The fourth-order valence-electron chi connectivity index (χ4n) is 1.34. The van der Waals surface area contributed by atoms with Crippen LogP contribution < -0.4 is 4.74 Å². The molecule has 0 atom stereocenters. The van der Waals surface area contributed by atoms with Crippen LogP contribution in [-0.2, 0) is 9.53 Å². The Bertz CT molecular complexity index is 498. The molecular weight excluding hydrogens is 218 g/mol. The summed E-state index contributed by atoms with van der Waals surface area (Å²) in [6.07, 6.45) is 1.50. The molecule has 0 aromatic heterocycles. The van der Waals surface area contributed by atoms with E-state index in [-0.39, 0.29) is 5.57 Å². The maximum absolute atomic E-state index is 11.2. The number of methoxy groups -OCH3 is 2. The van der Waals surface area contributed by atoms with Crippen LogP contribution >= 0.6 is 0 Å². The Labute approximate surface area is 100 Å². The lowest BCUT2D eigenvalue weighted by Gasteiger charge is -2.04. The highest BCUT2D eigenvalue weighted by Gasteiger charge is 2.09. The fraction of sp³-hybridized carbons (Fsp3) is 0.231. The van der Waals surface area contributed by atoms with Crippen molar-refractivity contribution >= 4 is 12.0 Å². The van der Waals surface area contributed by atoms with E-state index in [0.29, 0.717) is 0 Å². The van der Waals surface area contributed by atoms with Crippen LogP contribution in [0.25, 0.3) is 6.08 Å². The molecule has 0 fully saturated rings. The Morgan fingerprint density at radius 3 is 2.59 bits per heavy atom. The van der Waals surface area contributed by atoms with E-state index in [1.807, 2.05) is 19.1 Å². The molecule has 88 valence electrons. The average Bonchev–Trinajstić information content (AvgIpc) is 2.36. The number of aryl methyl sites for hydroxylation is 1. The van der Waals surface area contributed by atoms with Crippen molar-refractivity contribution in [2.24, 2.45) is 0 Å². The SMILES string of the molecule is COC(=O)C(C#N)=Cc1ccc(OC)cc1C. The minimum atomic E-state index is -0.636. The summed E-state index contributed by atoms with van der Waals surface area (Å²) in [5.41, 5.74) is 1.68. The van der Waals surface area contributed by atoms with Gasteiger partial charge in [-0.2, -0.15) is 5.26 Å². The first-order valence-electron chi connectivity index (χ1n) is 4.97. The maximum Gasteiger partial charge on any atom is 0.348 e. The molecule has 17 heavy (non-hydrogen) atoms. The number of carbonyl (C=O) groups is 1. The smallest absolute Gasteiger partial charge is 0.348 e. The molecule has 1 aromatic rings. The molecular formula is C13H13NO3. The molecule has 0 saturated carbocycles. The van der Waals surface area contributed by atoms with E-state index in [2.05, 4.69) is 4.74 Å². The van der Waals surface area contributed by atoms with Crippen LogP contribution in [0.15, 0.2) is 23.8 Å². The number of hydrogen-bond acceptors (Lipinski definition) is 4. The molecule has 0 unspecified atom stereocenters. The summed E-state index contributed by atoms with van der Waals surface area (Å²) < 4.78 is 9.58.